The lowest BCUT2D eigenvalue weighted by molar-refractivity contribution is -0.144. The average Bonchev–Trinajstić information content (AvgIpc) is 1.97. The maximum absolute atomic E-state index is 10.5. The molecule has 0 aliphatic heterocycles. The minimum absolute atomic E-state index is 0.0348. The standard InChI is InChI=1S/C9H16O2/c1-4-6-7-9(5-2)11-8(3)10/h6-7,9H,4-5H2,1-3H3/b7-6+. The predicted octanol–water partition coefficient (Wildman–Crippen LogP) is 2.29. The van der Waals surface area contributed by atoms with Crippen molar-refractivity contribution >= 4 is 5.97 Å². The van der Waals surface area contributed by atoms with Gasteiger partial charge in [0.15, 0.2) is 0 Å². The molecule has 0 amide bonds. The molecule has 0 spiro atoms. The quantitative estimate of drug-likeness (QED) is 0.461. The third-order valence-corrected chi connectivity index (χ3v) is 1.31. The lowest BCUT2D eigenvalue weighted by Gasteiger charge is -2.09. The van der Waals surface area contributed by atoms with Gasteiger partial charge in [-0.25, -0.2) is 0 Å². The van der Waals surface area contributed by atoms with E-state index in [2.05, 4.69) is 6.92 Å². The second kappa shape index (κ2) is 5.96. The minimum Gasteiger partial charge on any atom is -0.458 e. The van der Waals surface area contributed by atoms with Gasteiger partial charge < -0.3 is 4.74 Å². The molecule has 0 aromatic carbocycles. The number of hydrogen-bond acceptors (Lipinski definition) is 2. The Kier molecular flexibility index (Phi) is 5.53. The highest BCUT2D eigenvalue weighted by Crippen LogP contribution is 2.00. The number of hydrogen-bond donors (Lipinski definition) is 0. The molecule has 0 saturated heterocycles. The van der Waals surface area contributed by atoms with E-state index in [1.54, 1.807) is 0 Å². The molecule has 2 heteroatoms. The van der Waals surface area contributed by atoms with Crippen LogP contribution in [-0.4, -0.2) is 12.1 Å². The Balaban J connectivity index is 3.75. The van der Waals surface area contributed by atoms with Crippen molar-refractivity contribution in [3.63, 3.8) is 0 Å². The molecule has 1 unspecified atom stereocenters. The molecule has 11 heavy (non-hydrogen) atoms. The summed E-state index contributed by atoms with van der Waals surface area (Å²) in [5.41, 5.74) is 0. The van der Waals surface area contributed by atoms with Crippen molar-refractivity contribution in [3.05, 3.63) is 12.2 Å². The molecule has 0 bridgehead atoms. The van der Waals surface area contributed by atoms with E-state index in [4.69, 9.17) is 4.74 Å². The van der Waals surface area contributed by atoms with E-state index in [1.807, 2.05) is 19.1 Å². The van der Waals surface area contributed by atoms with E-state index in [-0.39, 0.29) is 12.1 Å². The average molecular weight is 156 g/mol. The van der Waals surface area contributed by atoms with Crippen LogP contribution in [0.2, 0.25) is 0 Å². The number of esters is 1. The summed E-state index contributed by atoms with van der Waals surface area (Å²) in [7, 11) is 0. The molecule has 0 radical (unpaired) electrons. The van der Waals surface area contributed by atoms with Crippen molar-refractivity contribution in [2.75, 3.05) is 0 Å². The Hall–Kier alpha value is -0.790. The van der Waals surface area contributed by atoms with Gasteiger partial charge in [-0.2, -0.15) is 0 Å². The number of carbonyl (C=O) groups excluding carboxylic acids is 1. The highest BCUT2D eigenvalue weighted by Gasteiger charge is 2.03. The first-order valence-corrected chi connectivity index (χ1v) is 4.04. The van der Waals surface area contributed by atoms with Gasteiger partial charge in [0.05, 0.1) is 0 Å². The molecule has 1 atom stereocenters. The van der Waals surface area contributed by atoms with Gasteiger partial charge >= 0.3 is 5.97 Å². The predicted molar refractivity (Wildman–Crippen MR) is 45.3 cm³/mol. The largest absolute Gasteiger partial charge is 0.458 e. The maximum atomic E-state index is 10.5. The molecular formula is C9H16O2. The topological polar surface area (TPSA) is 26.3 Å². The smallest absolute Gasteiger partial charge is 0.303 e. The van der Waals surface area contributed by atoms with Gasteiger partial charge in [0.2, 0.25) is 0 Å². The molecule has 0 aromatic heterocycles. The monoisotopic (exact) mass is 156 g/mol. The zero-order valence-corrected chi connectivity index (χ0v) is 7.46. The summed E-state index contributed by atoms with van der Waals surface area (Å²) in [4.78, 5) is 10.5. The third kappa shape index (κ3) is 5.64. The van der Waals surface area contributed by atoms with Crippen LogP contribution in [0, 0.1) is 0 Å². The van der Waals surface area contributed by atoms with Gasteiger partial charge in [-0.15, -0.1) is 0 Å². The van der Waals surface area contributed by atoms with Crippen molar-refractivity contribution in [1.82, 2.24) is 0 Å². The molecule has 0 N–H and O–H groups in total. The summed E-state index contributed by atoms with van der Waals surface area (Å²) in [6.07, 6.45) is 5.74. The molecular weight excluding hydrogens is 140 g/mol. The van der Waals surface area contributed by atoms with E-state index < -0.39 is 0 Å². The van der Waals surface area contributed by atoms with Crippen LogP contribution in [-0.2, 0) is 9.53 Å². The van der Waals surface area contributed by atoms with Crippen LogP contribution in [0.3, 0.4) is 0 Å². The van der Waals surface area contributed by atoms with Crippen LogP contribution in [0.25, 0.3) is 0 Å². The Morgan fingerprint density at radius 3 is 2.55 bits per heavy atom. The fourth-order valence-electron chi connectivity index (χ4n) is 0.760. The third-order valence-electron chi connectivity index (χ3n) is 1.31. The summed E-state index contributed by atoms with van der Waals surface area (Å²) in [5, 5.41) is 0. The summed E-state index contributed by atoms with van der Waals surface area (Å²) in [5.74, 6) is -0.211. The van der Waals surface area contributed by atoms with E-state index in [0.29, 0.717) is 0 Å². The molecule has 0 aromatic rings. The number of allylic oxidation sites excluding steroid dienone is 1. The Morgan fingerprint density at radius 2 is 2.18 bits per heavy atom. The summed E-state index contributed by atoms with van der Waals surface area (Å²) in [6, 6.07) is 0. The van der Waals surface area contributed by atoms with Crippen molar-refractivity contribution in [2.24, 2.45) is 0 Å². The van der Waals surface area contributed by atoms with Gasteiger partial charge in [-0.1, -0.05) is 19.9 Å². The van der Waals surface area contributed by atoms with E-state index in [9.17, 15) is 4.79 Å². The zero-order valence-electron chi connectivity index (χ0n) is 7.46. The lowest BCUT2D eigenvalue weighted by atomic mass is 10.2. The Bertz CT molecular complexity index is 138. The second-order valence-electron chi connectivity index (χ2n) is 2.39. The molecule has 0 aliphatic rings. The van der Waals surface area contributed by atoms with Gasteiger partial charge in [0, 0.05) is 6.92 Å². The second-order valence-corrected chi connectivity index (χ2v) is 2.39. The molecule has 64 valence electrons. The van der Waals surface area contributed by atoms with E-state index in [1.165, 1.54) is 6.92 Å². The fourth-order valence-corrected chi connectivity index (χ4v) is 0.760. The summed E-state index contributed by atoms with van der Waals surface area (Å²) >= 11 is 0. The normalized spacial score (nSPS) is 13.4. The van der Waals surface area contributed by atoms with Crippen LogP contribution in [0.5, 0.6) is 0 Å². The highest BCUT2D eigenvalue weighted by atomic mass is 16.5. The SMILES string of the molecule is CC/C=C/C(CC)OC(C)=O. The van der Waals surface area contributed by atoms with Crippen LogP contribution in [0.15, 0.2) is 12.2 Å². The molecule has 0 rings (SSSR count). The van der Waals surface area contributed by atoms with Gasteiger partial charge in [-0.05, 0) is 18.9 Å². The molecule has 0 saturated carbocycles. The van der Waals surface area contributed by atoms with E-state index >= 15 is 0 Å². The minimum atomic E-state index is -0.211. The highest BCUT2D eigenvalue weighted by molar-refractivity contribution is 5.66. The first kappa shape index (κ1) is 10.2. The van der Waals surface area contributed by atoms with Gasteiger partial charge in [0.1, 0.15) is 6.10 Å². The number of rotatable bonds is 4. The van der Waals surface area contributed by atoms with Crippen molar-refractivity contribution in [1.29, 1.82) is 0 Å². The Labute approximate surface area is 68.2 Å². The molecule has 2 nitrogen and oxygen atoms in total. The summed E-state index contributed by atoms with van der Waals surface area (Å²) < 4.78 is 4.98. The molecule has 0 fully saturated rings. The van der Waals surface area contributed by atoms with E-state index in [0.717, 1.165) is 12.8 Å². The van der Waals surface area contributed by atoms with Crippen molar-refractivity contribution in [2.45, 2.75) is 39.7 Å². The summed E-state index contributed by atoms with van der Waals surface area (Å²) in [6.45, 7) is 5.48. The van der Waals surface area contributed by atoms with Crippen LogP contribution < -0.4 is 0 Å². The van der Waals surface area contributed by atoms with Gasteiger partial charge in [0.25, 0.3) is 0 Å². The number of carbonyl (C=O) groups is 1. The number of ether oxygens (including phenoxy) is 1. The van der Waals surface area contributed by atoms with Crippen molar-refractivity contribution < 1.29 is 9.53 Å². The zero-order chi connectivity index (χ0) is 8.69. The van der Waals surface area contributed by atoms with Crippen LogP contribution in [0.4, 0.5) is 0 Å². The van der Waals surface area contributed by atoms with Gasteiger partial charge in [-0.3, -0.25) is 4.79 Å². The van der Waals surface area contributed by atoms with Crippen molar-refractivity contribution in [3.8, 4) is 0 Å². The molecule has 0 heterocycles. The first-order valence-electron chi connectivity index (χ1n) is 4.04. The van der Waals surface area contributed by atoms with Crippen LogP contribution >= 0.6 is 0 Å². The fraction of sp³-hybridized carbons (Fsp3) is 0.667. The lowest BCUT2D eigenvalue weighted by Crippen LogP contribution is -2.11. The Morgan fingerprint density at radius 1 is 1.55 bits per heavy atom. The first-order chi connectivity index (χ1) is 5.20. The van der Waals surface area contributed by atoms with Crippen LogP contribution in [0.1, 0.15) is 33.6 Å². The maximum Gasteiger partial charge on any atom is 0.303 e. The molecule has 0 aliphatic carbocycles.